The number of amides is 1. The van der Waals surface area contributed by atoms with Crippen LogP contribution >= 0.6 is 0 Å². The molecule has 122 valence electrons. The van der Waals surface area contributed by atoms with Crippen LogP contribution in [0.2, 0.25) is 0 Å². The van der Waals surface area contributed by atoms with Crippen molar-refractivity contribution in [1.82, 2.24) is 9.97 Å². The van der Waals surface area contributed by atoms with Gasteiger partial charge >= 0.3 is 0 Å². The number of carbonyl (C=O) groups excluding carboxylic acids is 1. The summed E-state index contributed by atoms with van der Waals surface area (Å²) in [5, 5.41) is 5.08. The number of halogens is 2. The highest BCUT2D eigenvalue weighted by molar-refractivity contribution is 6.03. The van der Waals surface area contributed by atoms with E-state index in [4.69, 9.17) is 4.74 Å². The Labute approximate surface area is 131 Å². The molecule has 0 saturated carbocycles. The maximum absolute atomic E-state index is 13.6. The van der Waals surface area contributed by atoms with Crippen LogP contribution < -0.4 is 10.6 Å². The van der Waals surface area contributed by atoms with Crippen molar-refractivity contribution < 1.29 is 18.3 Å². The van der Waals surface area contributed by atoms with Crippen molar-refractivity contribution in [2.75, 3.05) is 30.9 Å². The molecule has 0 aliphatic carbocycles. The number of hydrogen-bond donors (Lipinski definition) is 2. The first-order valence-electron chi connectivity index (χ1n) is 6.85. The van der Waals surface area contributed by atoms with E-state index in [2.05, 4.69) is 20.6 Å². The summed E-state index contributed by atoms with van der Waals surface area (Å²) in [6.45, 7) is 2.59. The molecule has 1 amide bonds. The summed E-state index contributed by atoms with van der Waals surface area (Å²) < 4.78 is 32.0. The molecule has 0 atom stereocenters. The molecular weight excluding hydrogens is 306 g/mol. The predicted octanol–water partition coefficient (Wildman–Crippen LogP) is 2.37. The van der Waals surface area contributed by atoms with Gasteiger partial charge in [-0.05, 0) is 25.1 Å². The Hall–Kier alpha value is -2.61. The molecule has 0 fully saturated rings. The van der Waals surface area contributed by atoms with Gasteiger partial charge in [0, 0.05) is 19.3 Å². The fourth-order valence-corrected chi connectivity index (χ4v) is 1.82. The molecule has 0 aliphatic rings. The lowest BCUT2D eigenvalue weighted by atomic mass is 10.2. The van der Waals surface area contributed by atoms with Crippen LogP contribution in [0.15, 0.2) is 24.3 Å². The molecule has 1 aromatic heterocycles. The zero-order chi connectivity index (χ0) is 16.8. The highest BCUT2D eigenvalue weighted by atomic mass is 19.1. The average Bonchev–Trinajstić information content (AvgIpc) is 2.50. The Balaban J connectivity index is 2.18. The van der Waals surface area contributed by atoms with E-state index < -0.39 is 23.2 Å². The monoisotopic (exact) mass is 322 g/mol. The number of methoxy groups -OCH3 is 1. The van der Waals surface area contributed by atoms with E-state index in [1.807, 2.05) is 0 Å². The largest absolute Gasteiger partial charge is 0.383 e. The number of nitrogens with one attached hydrogen (secondary N) is 2. The van der Waals surface area contributed by atoms with Gasteiger partial charge < -0.3 is 15.4 Å². The number of ether oxygens (including phenoxy) is 1. The number of rotatable bonds is 6. The molecule has 0 saturated heterocycles. The van der Waals surface area contributed by atoms with Crippen molar-refractivity contribution >= 4 is 17.5 Å². The summed E-state index contributed by atoms with van der Waals surface area (Å²) in [6.07, 6.45) is 0. The third-order valence-electron chi connectivity index (χ3n) is 2.88. The van der Waals surface area contributed by atoms with Crippen LogP contribution in [0.25, 0.3) is 0 Å². The van der Waals surface area contributed by atoms with Crippen LogP contribution in [0.5, 0.6) is 0 Å². The lowest BCUT2D eigenvalue weighted by molar-refractivity contribution is 0.102. The van der Waals surface area contributed by atoms with E-state index in [0.29, 0.717) is 18.8 Å². The quantitative estimate of drug-likeness (QED) is 0.799. The van der Waals surface area contributed by atoms with Crippen molar-refractivity contribution in [3.05, 3.63) is 47.3 Å². The number of benzene rings is 1. The highest BCUT2D eigenvalue weighted by Crippen LogP contribution is 2.19. The number of carbonyl (C=O) groups is 1. The minimum atomic E-state index is -0.859. The molecule has 2 N–H and O–H groups in total. The van der Waals surface area contributed by atoms with Gasteiger partial charge in [0.15, 0.2) is 0 Å². The van der Waals surface area contributed by atoms with Gasteiger partial charge in [0.25, 0.3) is 5.91 Å². The summed E-state index contributed by atoms with van der Waals surface area (Å²) in [4.78, 5) is 20.3. The molecule has 6 nitrogen and oxygen atoms in total. The number of hydrogen-bond acceptors (Lipinski definition) is 5. The zero-order valence-corrected chi connectivity index (χ0v) is 12.7. The molecule has 0 unspecified atom stereocenters. The average molecular weight is 322 g/mol. The second-order valence-electron chi connectivity index (χ2n) is 4.69. The Morgan fingerprint density at radius 1 is 1.26 bits per heavy atom. The number of aryl methyl sites for hydroxylation is 1. The van der Waals surface area contributed by atoms with Crippen LogP contribution in [0.3, 0.4) is 0 Å². The molecule has 8 heteroatoms. The number of anilines is 2. The molecule has 2 rings (SSSR count). The lowest BCUT2D eigenvalue weighted by Gasteiger charge is -2.09. The summed E-state index contributed by atoms with van der Waals surface area (Å²) in [5.41, 5.74) is 0.0294. The molecule has 0 bridgehead atoms. The molecule has 1 heterocycles. The Morgan fingerprint density at radius 2 is 1.96 bits per heavy atom. The van der Waals surface area contributed by atoms with Crippen LogP contribution in [0.1, 0.15) is 16.2 Å². The molecule has 0 spiro atoms. The number of para-hydroxylation sites is 1. The van der Waals surface area contributed by atoms with E-state index in [0.717, 1.165) is 12.1 Å². The predicted molar refractivity (Wildman–Crippen MR) is 81.4 cm³/mol. The van der Waals surface area contributed by atoms with Crippen molar-refractivity contribution in [3.63, 3.8) is 0 Å². The molecular formula is C15H16F2N4O2. The SMILES string of the molecule is COCCNc1nc(C)cc(C(=O)Nc2c(F)cccc2F)n1. The van der Waals surface area contributed by atoms with Crippen LogP contribution in [0.4, 0.5) is 20.4 Å². The van der Waals surface area contributed by atoms with Crippen molar-refractivity contribution in [2.45, 2.75) is 6.92 Å². The van der Waals surface area contributed by atoms with Gasteiger partial charge in [0.05, 0.1) is 6.61 Å². The summed E-state index contributed by atoms with van der Waals surface area (Å²) in [5.74, 6) is -2.21. The van der Waals surface area contributed by atoms with E-state index in [1.54, 1.807) is 14.0 Å². The smallest absolute Gasteiger partial charge is 0.274 e. The molecule has 2 aromatic rings. The Kier molecular flexibility index (Phi) is 5.53. The lowest BCUT2D eigenvalue weighted by Crippen LogP contribution is -2.18. The highest BCUT2D eigenvalue weighted by Gasteiger charge is 2.15. The van der Waals surface area contributed by atoms with E-state index in [-0.39, 0.29) is 11.6 Å². The Bertz CT molecular complexity index is 690. The zero-order valence-electron chi connectivity index (χ0n) is 12.7. The fourth-order valence-electron chi connectivity index (χ4n) is 1.82. The van der Waals surface area contributed by atoms with Gasteiger partial charge in [-0.2, -0.15) is 0 Å². The van der Waals surface area contributed by atoms with Gasteiger partial charge in [-0.25, -0.2) is 18.7 Å². The number of aromatic nitrogens is 2. The van der Waals surface area contributed by atoms with Gasteiger partial charge in [-0.1, -0.05) is 6.07 Å². The number of nitrogens with zero attached hydrogens (tertiary/aromatic N) is 2. The summed E-state index contributed by atoms with van der Waals surface area (Å²) in [6, 6.07) is 4.76. The van der Waals surface area contributed by atoms with Crippen molar-refractivity contribution in [1.29, 1.82) is 0 Å². The molecule has 0 radical (unpaired) electrons. The maximum Gasteiger partial charge on any atom is 0.274 e. The fraction of sp³-hybridized carbons (Fsp3) is 0.267. The van der Waals surface area contributed by atoms with Gasteiger partial charge in [-0.3, -0.25) is 4.79 Å². The first-order chi connectivity index (χ1) is 11.0. The normalized spacial score (nSPS) is 10.4. The first kappa shape index (κ1) is 16.8. The van der Waals surface area contributed by atoms with Gasteiger partial charge in [0.2, 0.25) is 5.95 Å². The minimum absolute atomic E-state index is 0.0000647. The van der Waals surface area contributed by atoms with E-state index >= 15 is 0 Å². The topological polar surface area (TPSA) is 76.1 Å². The maximum atomic E-state index is 13.6. The third kappa shape index (κ3) is 4.43. The molecule has 1 aromatic carbocycles. The van der Waals surface area contributed by atoms with Crippen LogP contribution in [0, 0.1) is 18.6 Å². The summed E-state index contributed by atoms with van der Waals surface area (Å²) in [7, 11) is 1.56. The van der Waals surface area contributed by atoms with Crippen LogP contribution in [-0.4, -0.2) is 36.1 Å². The Morgan fingerprint density at radius 3 is 2.61 bits per heavy atom. The second-order valence-corrected chi connectivity index (χ2v) is 4.69. The van der Waals surface area contributed by atoms with Crippen LogP contribution in [-0.2, 0) is 4.74 Å². The standard InChI is InChI=1S/C15H16F2N4O2/c1-9-8-12(20-15(19-9)18-6-7-23-2)14(22)21-13-10(16)4-3-5-11(13)17/h3-5,8H,6-7H2,1-2H3,(H,21,22)(H,18,19,20). The van der Waals surface area contributed by atoms with E-state index in [1.165, 1.54) is 12.1 Å². The molecule has 0 aliphatic heterocycles. The van der Waals surface area contributed by atoms with Crippen molar-refractivity contribution in [3.8, 4) is 0 Å². The second kappa shape index (κ2) is 7.59. The minimum Gasteiger partial charge on any atom is -0.383 e. The summed E-state index contributed by atoms with van der Waals surface area (Å²) >= 11 is 0. The molecule has 23 heavy (non-hydrogen) atoms. The van der Waals surface area contributed by atoms with Crippen molar-refractivity contribution in [2.24, 2.45) is 0 Å². The third-order valence-corrected chi connectivity index (χ3v) is 2.88. The van der Waals surface area contributed by atoms with Gasteiger partial charge in [-0.15, -0.1) is 0 Å². The van der Waals surface area contributed by atoms with Gasteiger partial charge in [0.1, 0.15) is 23.0 Å². The first-order valence-corrected chi connectivity index (χ1v) is 6.85. The van der Waals surface area contributed by atoms with E-state index in [9.17, 15) is 13.6 Å².